The quantitative estimate of drug-likeness (QED) is 0.704. The lowest BCUT2D eigenvalue weighted by molar-refractivity contribution is -0.137. The molecule has 1 aromatic carbocycles. The van der Waals surface area contributed by atoms with E-state index in [-0.39, 0.29) is 6.04 Å². The summed E-state index contributed by atoms with van der Waals surface area (Å²) in [5.74, 6) is 1.67. The van der Waals surface area contributed by atoms with E-state index >= 15 is 0 Å². The largest absolute Gasteiger partial charge is 0.341 e. The minimum Gasteiger partial charge on any atom is -0.341 e. The molecule has 2 heterocycles. The monoisotopic (exact) mass is 369 g/mol. The van der Waals surface area contributed by atoms with E-state index in [9.17, 15) is 4.79 Å². The summed E-state index contributed by atoms with van der Waals surface area (Å²) >= 11 is 0. The predicted molar refractivity (Wildman–Crippen MR) is 109 cm³/mol. The molecule has 0 N–H and O–H groups in total. The van der Waals surface area contributed by atoms with Gasteiger partial charge in [-0.3, -0.25) is 14.6 Å². The predicted octanol–water partition coefficient (Wildman–Crippen LogP) is 3.23. The van der Waals surface area contributed by atoms with Gasteiger partial charge in [-0.1, -0.05) is 30.3 Å². The Labute approximate surface area is 164 Å². The van der Waals surface area contributed by atoms with Gasteiger partial charge >= 0.3 is 0 Å². The zero-order chi connectivity index (χ0) is 18.6. The summed E-state index contributed by atoms with van der Waals surface area (Å²) in [6.45, 7) is 9.51. The fourth-order valence-corrected chi connectivity index (χ4v) is 5.01. The Bertz CT molecular complexity index is 609. The molecule has 2 atom stereocenters. The van der Waals surface area contributed by atoms with Gasteiger partial charge in [-0.15, -0.1) is 0 Å². The number of likely N-dealkylation sites (tertiary alicyclic amines) is 2. The Morgan fingerprint density at radius 3 is 2.52 bits per heavy atom. The number of nitrogens with zero attached hydrogens (tertiary/aromatic N) is 3. The second-order valence-corrected chi connectivity index (χ2v) is 8.78. The lowest BCUT2D eigenvalue weighted by Gasteiger charge is -2.33. The highest BCUT2D eigenvalue weighted by Crippen LogP contribution is 2.37. The molecule has 3 fully saturated rings. The van der Waals surface area contributed by atoms with Crippen LogP contribution in [0.2, 0.25) is 0 Å². The molecule has 3 aliphatic rings. The molecule has 2 aliphatic heterocycles. The maximum Gasteiger partial charge on any atom is 0.240 e. The Morgan fingerprint density at radius 1 is 1.11 bits per heavy atom. The average Bonchev–Trinajstić information content (AvgIpc) is 3.18. The maximum absolute atomic E-state index is 13.4. The molecule has 148 valence electrons. The van der Waals surface area contributed by atoms with Crippen LogP contribution >= 0.6 is 0 Å². The molecule has 1 saturated carbocycles. The van der Waals surface area contributed by atoms with Crippen LogP contribution < -0.4 is 0 Å². The number of carbonyl (C=O) groups is 1. The molecule has 1 amide bonds. The summed E-state index contributed by atoms with van der Waals surface area (Å²) in [6.07, 6.45) is 6.24. The first-order chi connectivity index (χ1) is 13.2. The van der Waals surface area contributed by atoms with Gasteiger partial charge in [0.2, 0.25) is 5.91 Å². The molecule has 4 heteroatoms. The number of hydrogen-bond acceptors (Lipinski definition) is 3. The normalized spacial score (nSPS) is 25.0. The van der Waals surface area contributed by atoms with Crippen LogP contribution in [0.15, 0.2) is 30.3 Å². The fourth-order valence-electron chi connectivity index (χ4n) is 5.01. The van der Waals surface area contributed by atoms with Gasteiger partial charge in [0.05, 0.1) is 6.04 Å². The van der Waals surface area contributed by atoms with Gasteiger partial charge < -0.3 is 4.90 Å². The Hall–Kier alpha value is -1.39. The van der Waals surface area contributed by atoms with Crippen molar-refractivity contribution < 1.29 is 4.79 Å². The molecule has 1 aliphatic carbocycles. The van der Waals surface area contributed by atoms with Crippen molar-refractivity contribution in [3.05, 3.63) is 35.9 Å². The van der Waals surface area contributed by atoms with E-state index in [4.69, 9.17) is 0 Å². The molecule has 0 radical (unpaired) electrons. The third-order valence-corrected chi connectivity index (χ3v) is 6.65. The first-order valence-corrected chi connectivity index (χ1v) is 11.0. The summed E-state index contributed by atoms with van der Waals surface area (Å²) in [7, 11) is 0. The standard InChI is InChI=1S/C23H35N3O/c1-2-25(23(27)22(21-10-11-21)26-13-6-7-14-26)18-20-12-15-24(17-20)16-19-8-4-3-5-9-19/h3-5,8-9,20-22H,2,6-7,10-18H2,1H3/t20-,22-/m1/s1. The molecular weight excluding hydrogens is 334 g/mol. The summed E-state index contributed by atoms with van der Waals surface area (Å²) in [6, 6.07) is 10.9. The molecule has 2 saturated heterocycles. The molecule has 27 heavy (non-hydrogen) atoms. The number of hydrogen-bond donors (Lipinski definition) is 0. The van der Waals surface area contributed by atoms with Crippen LogP contribution in [0.4, 0.5) is 0 Å². The zero-order valence-corrected chi connectivity index (χ0v) is 16.9. The van der Waals surface area contributed by atoms with E-state index in [1.165, 1.54) is 37.7 Å². The van der Waals surface area contributed by atoms with Gasteiger partial charge in [0.1, 0.15) is 0 Å². The second kappa shape index (κ2) is 8.74. The fraction of sp³-hybridized carbons (Fsp3) is 0.696. The smallest absolute Gasteiger partial charge is 0.240 e. The highest BCUT2D eigenvalue weighted by Gasteiger charge is 2.42. The number of amides is 1. The van der Waals surface area contributed by atoms with Crippen molar-refractivity contribution in [3.63, 3.8) is 0 Å². The number of benzene rings is 1. The van der Waals surface area contributed by atoms with Crippen molar-refractivity contribution in [1.29, 1.82) is 0 Å². The lowest BCUT2D eigenvalue weighted by Crippen LogP contribution is -2.50. The first kappa shape index (κ1) is 18.9. The summed E-state index contributed by atoms with van der Waals surface area (Å²) < 4.78 is 0. The van der Waals surface area contributed by atoms with Gasteiger partial charge in [-0.2, -0.15) is 0 Å². The lowest BCUT2D eigenvalue weighted by atomic mass is 10.1. The first-order valence-electron chi connectivity index (χ1n) is 11.0. The Morgan fingerprint density at radius 2 is 1.85 bits per heavy atom. The topological polar surface area (TPSA) is 26.8 Å². The summed E-state index contributed by atoms with van der Waals surface area (Å²) in [5, 5.41) is 0. The van der Waals surface area contributed by atoms with Crippen molar-refractivity contribution in [2.24, 2.45) is 11.8 Å². The number of rotatable bonds is 8. The molecule has 0 aromatic heterocycles. The SMILES string of the molecule is CCN(C[C@@H]1CCN(Cc2ccccc2)C1)C(=O)[C@@H](C1CC1)N1CCCC1. The number of likely N-dealkylation sites (N-methyl/N-ethyl adjacent to an activating group) is 1. The molecule has 0 spiro atoms. The van der Waals surface area contributed by atoms with Crippen molar-refractivity contribution in [2.45, 2.75) is 51.6 Å². The van der Waals surface area contributed by atoms with Gasteiger partial charge in [0.15, 0.2) is 0 Å². The van der Waals surface area contributed by atoms with Crippen molar-refractivity contribution in [3.8, 4) is 0 Å². The van der Waals surface area contributed by atoms with Gasteiger partial charge in [-0.05, 0) is 76.1 Å². The van der Waals surface area contributed by atoms with E-state index in [1.54, 1.807) is 0 Å². The third kappa shape index (κ3) is 4.72. The molecule has 1 aromatic rings. The minimum atomic E-state index is 0.175. The van der Waals surface area contributed by atoms with Crippen LogP contribution in [0.1, 0.15) is 44.6 Å². The van der Waals surface area contributed by atoms with E-state index in [0.29, 0.717) is 17.7 Å². The van der Waals surface area contributed by atoms with E-state index in [1.807, 2.05) is 0 Å². The van der Waals surface area contributed by atoms with Crippen LogP contribution in [0.5, 0.6) is 0 Å². The third-order valence-electron chi connectivity index (χ3n) is 6.65. The summed E-state index contributed by atoms with van der Waals surface area (Å²) in [5.41, 5.74) is 1.39. The van der Waals surface area contributed by atoms with Crippen molar-refractivity contribution in [2.75, 3.05) is 39.3 Å². The van der Waals surface area contributed by atoms with Crippen LogP contribution in [0, 0.1) is 11.8 Å². The van der Waals surface area contributed by atoms with Crippen LogP contribution in [0.25, 0.3) is 0 Å². The van der Waals surface area contributed by atoms with Crippen LogP contribution in [-0.2, 0) is 11.3 Å². The molecule has 4 rings (SSSR count). The average molecular weight is 370 g/mol. The zero-order valence-electron chi connectivity index (χ0n) is 16.9. The van der Waals surface area contributed by atoms with Gasteiger partial charge in [-0.25, -0.2) is 0 Å². The van der Waals surface area contributed by atoms with Gasteiger partial charge in [0.25, 0.3) is 0 Å². The highest BCUT2D eigenvalue weighted by molar-refractivity contribution is 5.82. The van der Waals surface area contributed by atoms with Gasteiger partial charge in [0, 0.05) is 26.2 Å². The van der Waals surface area contributed by atoms with Crippen molar-refractivity contribution in [1.82, 2.24) is 14.7 Å². The highest BCUT2D eigenvalue weighted by atomic mass is 16.2. The van der Waals surface area contributed by atoms with E-state index < -0.39 is 0 Å². The van der Waals surface area contributed by atoms with Crippen LogP contribution in [-0.4, -0.2) is 65.9 Å². The van der Waals surface area contributed by atoms with E-state index in [0.717, 1.165) is 45.8 Å². The number of carbonyl (C=O) groups excluding carboxylic acids is 1. The Kier molecular flexibility index (Phi) is 6.14. The Balaban J connectivity index is 1.32. The summed E-state index contributed by atoms with van der Waals surface area (Å²) in [4.78, 5) is 20.6. The maximum atomic E-state index is 13.4. The molecular formula is C23H35N3O. The van der Waals surface area contributed by atoms with Crippen molar-refractivity contribution >= 4 is 5.91 Å². The van der Waals surface area contributed by atoms with Crippen LogP contribution in [0.3, 0.4) is 0 Å². The van der Waals surface area contributed by atoms with E-state index in [2.05, 4.69) is 52.0 Å². The molecule has 4 nitrogen and oxygen atoms in total. The molecule has 0 bridgehead atoms. The second-order valence-electron chi connectivity index (χ2n) is 8.78. The molecule has 0 unspecified atom stereocenters. The minimum absolute atomic E-state index is 0.175.